The van der Waals surface area contributed by atoms with E-state index in [9.17, 15) is 19.5 Å². The number of nitriles is 1. The van der Waals surface area contributed by atoms with Gasteiger partial charge in [0.05, 0.1) is 30.8 Å². The number of hydrogen-bond donors (Lipinski definition) is 1. The fourth-order valence-electron chi connectivity index (χ4n) is 3.48. The molecule has 0 bridgehead atoms. The number of carbonyl (C=O) groups excluding carboxylic acids is 1. The highest BCUT2D eigenvalue weighted by atomic mass is 35.5. The van der Waals surface area contributed by atoms with Crippen LogP contribution >= 0.6 is 11.6 Å². The van der Waals surface area contributed by atoms with Crippen molar-refractivity contribution in [1.82, 2.24) is 9.55 Å². The SMILES string of the molecule is N#CCCCOc1nc(-c2ccc(Cl)cc2)cc(=O)n1CC(=O)CC(Cc1ccccc1)C(=O)O. The van der Waals surface area contributed by atoms with E-state index in [1.165, 1.54) is 6.07 Å². The number of unbranched alkanes of at least 4 members (excludes halogenated alkanes) is 1. The third-order valence-electron chi connectivity index (χ3n) is 5.26. The first-order valence-corrected chi connectivity index (χ1v) is 11.4. The minimum Gasteiger partial charge on any atom is -0.481 e. The number of aliphatic carboxylic acids is 1. The highest BCUT2D eigenvalue weighted by Gasteiger charge is 2.23. The lowest BCUT2D eigenvalue weighted by atomic mass is 9.94. The van der Waals surface area contributed by atoms with Gasteiger partial charge in [-0.25, -0.2) is 0 Å². The third-order valence-corrected chi connectivity index (χ3v) is 5.51. The van der Waals surface area contributed by atoms with Gasteiger partial charge in [-0.1, -0.05) is 54.1 Å². The maximum Gasteiger partial charge on any atom is 0.307 e. The summed E-state index contributed by atoms with van der Waals surface area (Å²) >= 11 is 5.94. The molecular weight excluding hydrogens is 470 g/mol. The van der Waals surface area contributed by atoms with Crippen LogP contribution in [0.2, 0.25) is 5.02 Å². The van der Waals surface area contributed by atoms with Crippen LogP contribution < -0.4 is 10.3 Å². The molecule has 180 valence electrons. The highest BCUT2D eigenvalue weighted by Crippen LogP contribution is 2.21. The standard InChI is InChI=1S/C26H24ClN3O5/c27-21-10-8-19(9-11-21)23-16-24(32)30(26(29-23)35-13-5-4-12-28)17-22(31)15-20(25(33)34)14-18-6-2-1-3-7-18/h1-3,6-11,16,20H,4-5,13-15,17H2,(H,33,34). The van der Waals surface area contributed by atoms with Crippen molar-refractivity contribution >= 4 is 23.4 Å². The van der Waals surface area contributed by atoms with Crippen LogP contribution in [0.3, 0.4) is 0 Å². The number of halogens is 1. The van der Waals surface area contributed by atoms with Crippen LogP contribution in [0.25, 0.3) is 11.3 Å². The fourth-order valence-corrected chi connectivity index (χ4v) is 3.61. The summed E-state index contributed by atoms with van der Waals surface area (Å²) in [5.74, 6) is -2.45. The van der Waals surface area contributed by atoms with Crippen LogP contribution in [0.5, 0.6) is 6.01 Å². The topological polar surface area (TPSA) is 122 Å². The number of ketones is 1. The summed E-state index contributed by atoms with van der Waals surface area (Å²) in [5, 5.41) is 18.9. The van der Waals surface area contributed by atoms with E-state index < -0.39 is 23.2 Å². The molecule has 9 heteroatoms. The molecule has 0 aliphatic rings. The molecule has 2 aromatic carbocycles. The second kappa shape index (κ2) is 12.5. The van der Waals surface area contributed by atoms with Gasteiger partial charge >= 0.3 is 5.97 Å². The quantitative estimate of drug-likeness (QED) is 0.376. The molecule has 1 N–H and O–H groups in total. The Morgan fingerprint density at radius 3 is 2.51 bits per heavy atom. The lowest BCUT2D eigenvalue weighted by molar-refractivity contribution is -0.143. The third kappa shape index (κ3) is 7.52. The van der Waals surface area contributed by atoms with E-state index in [1.54, 1.807) is 48.5 Å². The average molecular weight is 494 g/mol. The molecule has 1 heterocycles. The monoisotopic (exact) mass is 493 g/mol. The van der Waals surface area contributed by atoms with E-state index in [0.717, 1.165) is 10.1 Å². The van der Waals surface area contributed by atoms with Gasteiger partial charge < -0.3 is 9.84 Å². The zero-order valence-corrected chi connectivity index (χ0v) is 19.6. The lowest BCUT2D eigenvalue weighted by Gasteiger charge is -2.15. The number of rotatable bonds is 12. The molecule has 0 amide bonds. The molecule has 1 aromatic heterocycles. The van der Waals surface area contributed by atoms with Gasteiger partial charge in [0.2, 0.25) is 0 Å². The first-order chi connectivity index (χ1) is 16.9. The zero-order chi connectivity index (χ0) is 25.2. The second-order valence-electron chi connectivity index (χ2n) is 7.93. The molecule has 35 heavy (non-hydrogen) atoms. The molecule has 3 rings (SSSR count). The van der Waals surface area contributed by atoms with Crippen LogP contribution in [0.1, 0.15) is 24.8 Å². The van der Waals surface area contributed by atoms with Crippen LogP contribution in [0.15, 0.2) is 65.5 Å². The van der Waals surface area contributed by atoms with Gasteiger partial charge in [0, 0.05) is 29.5 Å². The number of aromatic nitrogens is 2. The summed E-state index contributed by atoms with van der Waals surface area (Å²) in [6.45, 7) is -0.247. The molecule has 3 aromatic rings. The Kier molecular flexibility index (Phi) is 9.16. The Morgan fingerprint density at radius 2 is 1.86 bits per heavy atom. The Hall–Kier alpha value is -3.96. The smallest absolute Gasteiger partial charge is 0.307 e. The molecule has 1 atom stereocenters. The molecule has 0 aliphatic carbocycles. The molecule has 0 radical (unpaired) electrons. The molecule has 0 spiro atoms. The second-order valence-corrected chi connectivity index (χ2v) is 8.37. The number of nitrogens with zero attached hydrogens (tertiary/aromatic N) is 3. The number of carbonyl (C=O) groups is 2. The van der Waals surface area contributed by atoms with Gasteiger partial charge in [0.1, 0.15) is 0 Å². The van der Waals surface area contributed by atoms with Crippen molar-refractivity contribution in [2.75, 3.05) is 6.61 Å². The van der Waals surface area contributed by atoms with E-state index >= 15 is 0 Å². The summed E-state index contributed by atoms with van der Waals surface area (Å²) < 4.78 is 6.75. The molecule has 0 aliphatic heterocycles. The van der Waals surface area contributed by atoms with Crippen molar-refractivity contribution in [2.24, 2.45) is 5.92 Å². The normalized spacial score (nSPS) is 11.4. The van der Waals surface area contributed by atoms with Crippen molar-refractivity contribution in [3.63, 3.8) is 0 Å². The molecule has 1 unspecified atom stereocenters. The number of Topliss-reactive ketones (excluding diaryl/α,β-unsaturated/α-hetero) is 1. The number of carboxylic acid groups (broad SMARTS) is 1. The van der Waals surface area contributed by atoms with Crippen molar-refractivity contribution in [3.8, 4) is 23.3 Å². The molecule has 8 nitrogen and oxygen atoms in total. The van der Waals surface area contributed by atoms with Gasteiger partial charge in [-0.05, 0) is 30.5 Å². The summed E-state index contributed by atoms with van der Waals surface area (Å²) in [4.78, 5) is 41.9. The zero-order valence-electron chi connectivity index (χ0n) is 18.9. The Balaban J connectivity index is 1.83. The predicted octanol–water partition coefficient (Wildman–Crippen LogP) is 4.15. The average Bonchev–Trinajstić information content (AvgIpc) is 2.84. The van der Waals surface area contributed by atoms with E-state index in [2.05, 4.69) is 4.98 Å². The number of benzene rings is 2. The first-order valence-electron chi connectivity index (χ1n) is 11.0. The lowest BCUT2D eigenvalue weighted by Crippen LogP contribution is -2.29. The van der Waals surface area contributed by atoms with E-state index in [-0.39, 0.29) is 38.4 Å². The Bertz CT molecular complexity index is 1270. The summed E-state index contributed by atoms with van der Waals surface area (Å²) in [6.07, 6.45) is 0.634. The van der Waals surface area contributed by atoms with Gasteiger partial charge in [0.15, 0.2) is 5.78 Å². The van der Waals surface area contributed by atoms with Gasteiger partial charge in [-0.15, -0.1) is 0 Å². The number of ether oxygens (including phenoxy) is 1. The Morgan fingerprint density at radius 1 is 1.14 bits per heavy atom. The van der Waals surface area contributed by atoms with Crippen LogP contribution in [-0.4, -0.2) is 33.0 Å². The van der Waals surface area contributed by atoms with Gasteiger partial charge in [0.25, 0.3) is 11.6 Å². The minimum absolute atomic E-state index is 0.0660. The highest BCUT2D eigenvalue weighted by molar-refractivity contribution is 6.30. The van der Waals surface area contributed by atoms with E-state index in [1.807, 2.05) is 12.1 Å². The van der Waals surface area contributed by atoms with Crippen LogP contribution in [0.4, 0.5) is 0 Å². The van der Waals surface area contributed by atoms with Crippen LogP contribution in [-0.2, 0) is 22.6 Å². The molecular formula is C26H24ClN3O5. The summed E-state index contributed by atoms with van der Waals surface area (Å²) in [7, 11) is 0. The summed E-state index contributed by atoms with van der Waals surface area (Å²) in [5.41, 5.74) is 1.28. The van der Waals surface area contributed by atoms with Crippen molar-refractivity contribution in [3.05, 3.63) is 81.6 Å². The van der Waals surface area contributed by atoms with Crippen molar-refractivity contribution < 1.29 is 19.4 Å². The minimum atomic E-state index is -1.08. The largest absolute Gasteiger partial charge is 0.481 e. The maximum absolute atomic E-state index is 12.9. The predicted molar refractivity (Wildman–Crippen MR) is 130 cm³/mol. The summed E-state index contributed by atoms with van der Waals surface area (Å²) in [6, 6.07) is 19.0. The Labute approximate surface area is 207 Å². The molecule has 0 saturated heterocycles. The van der Waals surface area contributed by atoms with Gasteiger partial charge in [-0.2, -0.15) is 10.2 Å². The number of hydrogen-bond acceptors (Lipinski definition) is 6. The van der Waals surface area contributed by atoms with E-state index in [0.29, 0.717) is 22.7 Å². The first kappa shape index (κ1) is 25.7. The fraction of sp³-hybridized carbons (Fsp3) is 0.269. The van der Waals surface area contributed by atoms with E-state index in [4.69, 9.17) is 21.6 Å². The van der Waals surface area contributed by atoms with Crippen LogP contribution in [0, 0.1) is 17.2 Å². The maximum atomic E-state index is 12.9. The number of carboxylic acids is 1. The van der Waals surface area contributed by atoms with Crippen molar-refractivity contribution in [2.45, 2.75) is 32.2 Å². The van der Waals surface area contributed by atoms with Crippen molar-refractivity contribution in [1.29, 1.82) is 5.26 Å². The molecule has 0 fully saturated rings. The molecule has 0 saturated carbocycles. The van der Waals surface area contributed by atoms with Gasteiger partial charge in [-0.3, -0.25) is 19.0 Å².